The molecule has 2 heterocycles. The van der Waals surface area contributed by atoms with Crippen LogP contribution in [0.25, 0.3) is 0 Å². The number of nitrogens with one attached hydrogen (secondary N) is 2. The van der Waals surface area contributed by atoms with Crippen LogP contribution in [0, 0.1) is 6.92 Å². The molecule has 0 aliphatic carbocycles. The lowest BCUT2D eigenvalue weighted by Crippen LogP contribution is -2.37. The highest BCUT2D eigenvalue weighted by Gasteiger charge is 2.30. The molecule has 2 N–H and O–H groups in total. The van der Waals surface area contributed by atoms with Crippen LogP contribution in [0.15, 0.2) is 84.8 Å². The first-order valence-corrected chi connectivity index (χ1v) is 10.9. The van der Waals surface area contributed by atoms with Gasteiger partial charge in [0.15, 0.2) is 0 Å². The number of rotatable bonds is 3. The maximum atomic E-state index is 13.4. The number of hydrogen-bond donors (Lipinski definition) is 2. The number of nitrogens with zero attached hydrogens (tertiary/aromatic N) is 2. The number of amides is 2. The van der Waals surface area contributed by atoms with Crippen LogP contribution in [-0.4, -0.2) is 11.8 Å². The van der Waals surface area contributed by atoms with Crippen LogP contribution in [0.3, 0.4) is 0 Å². The maximum Gasteiger partial charge on any atom is 0.263 e. The van der Waals surface area contributed by atoms with Crippen molar-refractivity contribution in [3.63, 3.8) is 0 Å². The van der Waals surface area contributed by atoms with Gasteiger partial charge in [0.1, 0.15) is 0 Å². The summed E-state index contributed by atoms with van der Waals surface area (Å²) in [6, 6.07) is 17.6. The zero-order chi connectivity index (χ0) is 23.1. The van der Waals surface area contributed by atoms with Gasteiger partial charge in [0.25, 0.3) is 11.8 Å². The topological polar surface area (TPSA) is 64.7 Å². The zero-order valence-corrected chi connectivity index (χ0v) is 19.0. The van der Waals surface area contributed by atoms with Gasteiger partial charge in [-0.1, -0.05) is 41.4 Å². The highest BCUT2D eigenvalue weighted by atomic mass is 35.5. The smallest absolute Gasteiger partial charge is 0.263 e. The molecule has 0 saturated heterocycles. The van der Waals surface area contributed by atoms with Gasteiger partial charge < -0.3 is 10.7 Å². The number of allylic oxidation sites excluding steroid dienone is 1. The van der Waals surface area contributed by atoms with Crippen molar-refractivity contribution in [1.82, 2.24) is 5.43 Å². The van der Waals surface area contributed by atoms with E-state index in [1.807, 2.05) is 48.5 Å². The van der Waals surface area contributed by atoms with Crippen LogP contribution in [0.1, 0.15) is 26.3 Å². The molecule has 0 fully saturated rings. The molecule has 3 aromatic rings. The Balaban J connectivity index is 1.42. The molecule has 5 rings (SSSR count). The Morgan fingerprint density at radius 1 is 0.939 bits per heavy atom. The van der Waals surface area contributed by atoms with Crippen LogP contribution >= 0.6 is 23.2 Å². The van der Waals surface area contributed by atoms with E-state index in [0.717, 1.165) is 22.6 Å². The van der Waals surface area contributed by atoms with E-state index in [2.05, 4.69) is 10.7 Å². The van der Waals surface area contributed by atoms with Crippen LogP contribution in [0.5, 0.6) is 0 Å². The molecule has 33 heavy (non-hydrogen) atoms. The third-order valence-corrected chi connectivity index (χ3v) is 6.03. The molecule has 0 spiro atoms. The summed E-state index contributed by atoms with van der Waals surface area (Å²) in [7, 11) is 0. The van der Waals surface area contributed by atoms with Crippen LogP contribution in [0.4, 0.5) is 17.1 Å². The average molecular weight is 477 g/mol. The Kier molecular flexibility index (Phi) is 5.32. The summed E-state index contributed by atoms with van der Waals surface area (Å²) < 4.78 is 0. The summed E-state index contributed by atoms with van der Waals surface area (Å²) >= 11 is 12.5. The Morgan fingerprint density at radius 3 is 2.52 bits per heavy atom. The van der Waals surface area contributed by atoms with Crippen molar-refractivity contribution < 1.29 is 9.59 Å². The number of para-hydroxylation sites is 2. The van der Waals surface area contributed by atoms with Crippen LogP contribution in [0.2, 0.25) is 10.0 Å². The lowest BCUT2D eigenvalue weighted by atomic mass is 10.1. The number of halogens is 2. The normalized spacial score (nSPS) is 13.7. The molecule has 0 unspecified atom stereocenters. The van der Waals surface area contributed by atoms with E-state index in [0.29, 0.717) is 21.8 Å². The minimum absolute atomic E-state index is 0.235. The Bertz CT molecular complexity index is 1370. The zero-order valence-electron chi connectivity index (χ0n) is 17.5. The van der Waals surface area contributed by atoms with Gasteiger partial charge in [0, 0.05) is 28.7 Å². The number of carbonyl (C=O) groups excluding carboxylic acids is 2. The fourth-order valence-corrected chi connectivity index (χ4v) is 4.25. The molecule has 2 amide bonds. The maximum absolute atomic E-state index is 13.4. The molecule has 2 aliphatic heterocycles. The number of carbonyl (C=O) groups is 2. The first-order valence-electron chi connectivity index (χ1n) is 10.2. The first-order chi connectivity index (χ1) is 15.9. The third-order valence-electron chi connectivity index (χ3n) is 5.48. The molecule has 0 atom stereocenters. The van der Waals surface area contributed by atoms with Crippen molar-refractivity contribution in [3.05, 3.63) is 112 Å². The lowest BCUT2D eigenvalue weighted by molar-refractivity contribution is 0.0995. The number of hydrazine groups is 1. The molecule has 0 radical (unpaired) electrons. The van der Waals surface area contributed by atoms with Gasteiger partial charge in [-0.15, -0.1) is 0 Å². The van der Waals surface area contributed by atoms with Crippen LogP contribution < -0.4 is 20.7 Å². The Labute approximate surface area is 200 Å². The largest absolute Gasteiger partial charge is 0.322 e. The second-order valence-corrected chi connectivity index (χ2v) is 8.47. The minimum atomic E-state index is -0.305. The predicted octanol–water partition coefficient (Wildman–Crippen LogP) is 5.89. The monoisotopic (exact) mass is 476 g/mol. The summed E-state index contributed by atoms with van der Waals surface area (Å²) in [6.07, 6.45) is 5.45. The van der Waals surface area contributed by atoms with Crippen LogP contribution in [-0.2, 0) is 0 Å². The Hall–Kier alpha value is -3.74. The minimum Gasteiger partial charge on any atom is -0.322 e. The summed E-state index contributed by atoms with van der Waals surface area (Å²) in [5.41, 5.74) is 7.63. The van der Waals surface area contributed by atoms with Gasteiger partial charge in [-0.2, -0.15) is 0 Å². The molecule has 3 aromatic carbocycles. The number of anilines is 3. The fraction of sp³-hybridized carbons (Fsp3) is 0.0400. The van der Waals surface area contributed by atoms with E-state index in [-0.39, 0.29) is 16.8 Å². The van der Waals surface area contributed by atoms with Gasteiger partial charge in [0.05, 0.1) is 27.7 Å². The second-order valence-electron chi connectivity index (χ2n) is 7.62. The van der Waals surface area contributed by atoms with Crippen molar-refractivity contribution in [2.45, 2.75) is 6.92 Å². The molecule has 2 aliphatic rings. The molecule has 0 saturated carbocycles. The van der Waals surface area contributed by atoms with E-state index in [4.69, 9.17) is 23.2 Å². The third kappa shape index (κ3) is 3.84. The SMILES string of the molecule is Cc1ccc(Cl)cc1C(=O)Nc1ccc(C(=O)N2C=C3C=CNN3c3ccccc32)c(Cl)c1. The molecule has 8 heteroatoms. The van der Waals surface area contributed by atoms with Crippen molar-refractivity contribution >= 4 is 52.1 Å². The highest BCUT2D eigenvalue weighted by molar-refractivity contribution is 6.35. The van der Waals surface area contributed by atoms with E-state index >= 15 is 0 Å². The van der Waals surface area contributed by atoms with Crippen molar-refractivity contribution in [3.8, 4) is 0 Å². The van der Waals surface area contributed by atoms with Gasteiger partial charge in [-0.3, -0.25) is 19.5 Å². The second kappa shape index (κ2) is 8.31. The highest BCUT2D eigenvalue weighted by Crippen LogP contribution is 2.38. The fourth-order valence-electron chi connectivity index (χ4n) is 3.82. The standard InChI is InChI=1S/C25H18Cl2N4O2/c1-15-6-7-16(26)12-20(15)24(32)29-17-8-9-19(21(27)13-17)25(33)30-14-18-10-11-28-31(18)23-5-3-2-4-22(23)30/h2-14,28H,1H3,(H,29,32). The molecule has 0 bridgehead atoms. The Morgan fingerprint density at radius 2 is 1.73 bits per heavy atom. The van der Waals surface area contributed by atoms with Gasteiger partial charge in [0.2, 0.25) is 0 Å². The molecule has 164 valence electrons. The van der Waals surface area contributed by atoms with E-state index < -0.39 is 0 Å². The summed E-state index contributed by atoms with van der Waals surface area (Å²) in [6.45, 7) is 1.83. The molecule has 6 nitrogen and oxygen atoms in total. The number of benzene rings is 3. The van der Waals surface area contributed by atoms with E-state index in [1.165, 1.54) is 0 Å². The summed E-state index contributed by atoms with van der Waals surface area (Å²) in [5.74, 6) is -0.580. The van der Waals surface area contributed by atoms with Gasteiger partial charge in [-0.25, -0.2) is 0 Å². The summed E-state index contributed by atoms with van der Waals surface area (Å²) in [4.78, 5) is 27.7. The van der Waals surface area contributed by atoms with Gasteiger partial charge in [-0.05, 0) is 61.0 Å². The summed E-state index contributed by atoms with van der Waals surface area (Å²) in [5, 5.41) is 5.43. The quantitative estimate of drug-likeness (QED) is 0.494. The van der Waals surface area contributed by atoms with Crippen molar-refractivity contribution in [2.24, 2.45) is 0 Å². The van der Waals surface area contributed by atoms with E-state index in [9.17, 15) is 9.59 Å². The molecular weight excluding hydrogens is 459 g/mol. The van der Waals surface area contributed by atoms with E-state index in [1.54, 1.807) is 47.5 Å². The lowest BCUT2D eigenvalue weighted by Gasteiger charge is -2.33. The predicted molar refractivity (Wildman–Crippen MR) is 132 cm³/mol. The number of aryl methyl sites for hydroxylation is 1. The number of fused-ring (bicyclic) bond motifs is 3. The number of hydrogen-bond acceptors (Lipinski definition) is 4. The molecular formula is C25H18Cl2N4O2. The van der Waals surface area contributed by atoms with Gasteiger partial charge >= 0.3 is 0 Å². The average Bonchev–Trinajstić information content (AvgIpc) is 3.29. The first kappa shape index (κ1) is 21.1. The van der Waals surface area contributed by atoms with Crippen molar-refractivity contribution in [1.29, 1.82) is 0 Å². The molecule has 0 aromatic heterocycles. The van der Waals surface area contributed by atoms with Crippen molar-refractivity contribution in [2.75, 3.05) is 15.2 Å².